The van der Waals surface area contributed by atoms with Gasteiger partial charge in [0.15, 0.2) is 0 Å². The summed E-state index contributed by atoms with van der Waals surface area (Å²) >= 11 is 0. The van der Waals surface area contributed by atoms with Crippen LogP contribution in [0.4, 0.5) is 10.1 Å². The van der Waals surface area contributed by atoms with E-state index in [2.05, 4.69) is 5.32 Å². The van der Waals surface area contributed by atoms with Gasteiger partial charge >= 0.3 is 10.2 Å². The number of nitrogens with one attached hydrogen (secondary N) is 1. The van der Waals surface area contributed by atoms with Crippen LogP contribution < -0.4 is 14.4 Å². The van der Waals surface area contributed by atoms with Crippen molar-refractivity contribution in [3.63, 3.8) is 0 Å². The first-order chi connectivity index (χ1) is 13.3. The monoisotopic (exact) mass is 409 g/mol. The normalized spacial score (nSPS) is 11.3. The van der Waals surface area contributed by atoms with E-state index >= 15 is 0 Å². The van der Waals surface area contributed by atoms with Gasteiger partial charge in [-0.1, -0.05) is 24.3 Å². The molecule has 1 N–H and O–H groups in total. The summed E-state index contributed by atoms with van der Waals surface area (Å²) in [6.45, 7) is 2.03. The lowest BCUT2D eigenvalue weighted by atomic mass is 10.2. The molecule has 0 heterocycles. The molecule has 0 bridgehead atoms. The molecule has 1 amide bonds. The van der Waals surface area contributed by atoms with E-state index in [0.29, 0.717) is 12.4 Å². The first-order valence-corrected chi connectivity index (χ1v) is 10.1. The summed E-state index contributed by atoms with van der Waals surface area (Å²) < 4.78 is 46.5. The van der Waals surface area contributed by atoms with Crippen LogP contribution in [0.1, 0.15) is 12.5 Å². The maximum Gasteiger partial charge on any atom is 0.304 e. The lowest BCUT2D eigenvalue weighted by molar-refractivity contribution is -0.119. The van der Waals surface area contributed by atoms with Crippen LogP contribution in [-0.4, -0.2) is 45.9 Å². The Morgan fingerprint density at radius 1 is 1.14 bits per heavy atom. The van der Waals surface area contributed by atoms with Crippen LogP contribution >= 0.6 is 0 Å². The molecule has 0 atom stereocenters. The molecular weight excluding hydrogens is 385 g/mol. The van der Waals surface area contributed by atoms with Gasteiger partial charge in [0.05, 0.1) is 12.3 Å². The maximum absolute atomic E-state index is 14.2. The highest BCUT2D eigenvalue weighted by Gasteiger charge is 2.29. The number of benzene rings is 2. The van der Waals surface area contributed by atoms with Gasteiger partial charge in [-0.25, -0.2) is 8.70 Å². The predicted molar refractivity (Wildman–Crippen MR) is 106 cm³/mol. The maximum atomic E-state index is 14.2. The lowest BCUT2D eigenvalue weighted by Crippen LogP contribution is -2.46. The summed E-state index contributed by atoms with van der Waals surface area (Å²) in [5.74, 6) is -0.613. The molecule has 0 aliphatic rings. The van der Waals surface area contributed by atoms with Gasteiger partial charge in [-0.05, 0) is 36.8 Å². The van der Waals surface area contributed by atoms with Crippen LogP contribution in [0.15, 0.2) is 48.5 Å². The smallest absolute Gasteiger partial charge is 0.304 e. The summed E-state index contributed by atoms with van der Waals surface area (Å²) in [5.41, 5.74) is 0.608. The highest BCUT2D eigenvalue weighted by atomic mass is 32.2. The van der Waals surface area contributed by atoms with E-state index in [9.17, 15) is 17.6 Å². The van der Waals surface area contributed by atoms with E-state index in [1.807, 2.05) is 13.0 Å². The van der Waals surface area contributed by atoms with Crippen LogP contribution in [-0.2, 0) is 21.5 Å². The fraction of sp³-hybridized carbons (Fsp3) is 0.316. The first kappa shape index (κ1) is 21.6. The van der Waals surface area contributed by atoms with Gasteiger partial charge in [0.25, 0.3) is 0 Å². The number of para-hydroxylation sites is 1. The highest BCUT2D eigenvalue weighted by molar-refractivity contribution is 7.90. The van der Waals surface area contributed by atoms with E-state index in [-0.39, 0.29) is 12.2 Å². The number of anilines is 1. The largest absolute Gasteiger partial charge is 0.494 e. The van der Waals surface area contributed by atoms with E-state index in [1.165, 1.54) is 32.3 Å². The molecular formula is C19H24FN3O4S. The summed E-state index contributed by atoms with van der Waals surface area (Å²) in [6, 6.07) is 12.6. The van der Waals surface area contributed by atoms with Gasteiger partial charge in [0, 0.05) is 20.6 Å². The third kappa shape index (κ3) is 5.43. The number of halogens is 1. The number of ether oxygens (including phenoxy) is 1. The number of carbonyl (C=O) groups excluding carboxylic acids is 1. The van der Waals surface area contributed by atoms with Gasteiger partial charge in [-0.2, -0.15) is 12.7 Å². The zero-order chi connectivity index (χ0) is 20.7. The molecule has 0 aliphatic carbocycles. The molecule has 28 heavy (non-hydrogen) atoms. The second kappa shape index (κ2) is 9.52. The highest BCUT2D eigenvalue weighted by Crippen LogP contribution is 2.22. The molecule has 2 aromatic carbocycles. The Kier molecular flexibility index (Phi) is 7.36. The summed E-state index contributed by atoms with van der Waals surface area (Å²) in [7, 11) is -1.42. The van der Waals surface area contributed by atoms with Gasteiger partial charge in [-0.3, -0.25) is 4.79 Å². The van der Waals surface area contributed by atoms with Gasteiger partial charge < -0.3 is 10.1 Å². The quantitative estimate of drug-likeness (QED) is 0.688. The molecule has 152 valence electrons. The summed E-state index contributed by atoms with van der Waals surface area (Å²) in [5, 5.41) is 2.66. The standard InChI is InChI=1S/C19H24FN3O4S/c1-4-27-16-9-7-8-15(12-16)13-21-19(24)14-23(28(25,26)22(2)3)18-11-6-5-10-17(18)20/h5-12H,4,13-14H2,1-3H3,(H,21,24). The minimum Gasteiger partial charge on any atom is -0.494 e. The second-order valence-electron chi connectivity index (χ2n) is 6.11. The molecule has 0 spiro atoms. The summed E-state index contributed by atoms with van der Waals surface area (Å²) in [6.07, 6.45) is 0. The molecule has 2 rings (SSSR count). The number of carbonyl (C=O) groups is 1. The Balaban J connectivity index is 2.15. The first-order valence-electron chi connectivity index (χ1n) is 8.69. The van der Waals surface area contributed by atoms with Crippen molar-refractivity contribution in [3.05, 3.63) is 59.9 Å². The molecule has 0 saturated heterocycles. The molecule has 0 fully saturated rings. The number of nitrogens with zero attached hydrogens (tertiary/aromatic N) is 2. The molecule has 0 aromatic heterocycles. The zero-order valence-electron chi connectivity index (χ0n) is 16.1. The Hall–Kier alpha value is -2.65. The lowest BCUT2D eigenvalue weighted by Gasteiger charge is -2.27. The molecule has 0 radical (unpaired) electrons. The number of hydrogen-bond donors (Lipinski definition) is 1. The zero-order valence-corrected chi connectivity index (χ0v) is 16.9. The summed E-state index contributed by atoms with van der Waals surface area (Å²) in [4.78, 5) is 12.4. The van der Waals surface area contributed by atoms with Crippen molar-refractivity contribution >= 4 is 21.8 Å². The predicted octanol–water partition coefficient (Wildman–Crippen LogP) is 2.15. The molecule has 7 nitrogen and oxygen atoms in total. The average Bonchev–Trinajstić information content (AvgIpc) is 2.65. The van der Waals surface area contributed by atoms with Crippen LogP contribution in [0.2, 0.25) is 0 Å². The van der Waals surface area contributed by atoms with Gasteiger partial charge in [-0.15, -0.1) is 0 Å². The average molecular weight is 409 g/mol. The van der Waals surface area contributed by atoms with E-state index in [4.69, 9.17) is 4.74 Å². The van der Waals surface area contributed by atoms with Crippen molar-refractivity contribution in [2.24, 2.45) is 0 Å². The van der Waals surface area contributed by atoms with Crippen molar-refractivity contribution < 1.29 is 22.3 Å². The van der Waals surface area contributed by atoms with Gasteiger partial charge in [0.1, 0.15) is 18.1 Å². The van der Waals surface area contributed by atoms with Crippen molar-refractivity contribution in [2.75, 3.05) is 31.6 Å². The molecule has 2 aromatic rings. The minimum absolute atomic E-state index is 0.187. The Labute approximate surface area is 164 Å². The number of amides is 1. The second-order valence-corrected chi connectivity index (χ2v) is 8.17. The van der Waals surface area contributed by atoms with E-state index in [0.717, 1.165) is 20.2 Å². The third-order valence-electron chi connectivity index (χ3n) is 3.85. The van der Waals surface area contributed by atoms with Gasteiger partial charge in [0.2, 0.25) is 5.91 Å². The molecule has 0 aliphatic heterocycles. The Bertz CT molecular complexity index is 919. The number of rotatable bonds is 9. The fourth-order valence-electron chi connectivity index (χ4n) is 2.44. The van der Waals surface area contributed by atoms with Crippen molar-refractivity contribution in [2.45, 2.75) is 13.5 Å². The SMILES string of the molecule is CCOc1cccc(CNC(=O)CN(c2ccccc2F)S(=O)(=O)N(C)C)c1. The van der Waals surface area contributed by atoms with Crippen molar-refractivity contribution in [1.29, 1.82) is 0 Å². The van der Waals surface area contributed by atoms with Crippen LogP contribution in [0.3, 0.4) is 0 Å². The Morgan fingerprint density at radius 2 is 1.86 bits per heavy atom. The Morgan fingerprint density at radius 3 is 2.50 bits per heavy atom. The van der Waals surface area contributed by atoms with E-state index in [1.54, 1.807) is 18.2 Å². The molecule has 9 heteroatoms. The fourth-order valence-corrected chi connectivity index (χ4v) is 3.51. The number of hydrogen-bond acceptors (Lipinski definition) is 4. The van der Waals surface area contributed by atoms with Crippen molar-refractivity contribution in [3.8, 4) is 5.75 Å². The molecule has 0 saturated carbocycles. The van der Waals surface area contributed by atoms with Crippen molar-refractivity contribution in [1.82, 2.24) is 9.62 Å². The van der Waals surface area contributed by atoms with Crippen LogP contribution in [0.25, 0.3) is 0 Å². The topological polar surface area (TPSA) is 79.0 Å². The van der Waals surface area contributed by atoms with E-state index < -0.39 is 28.5 Å². The third-order valence-corrected chi connectivity index (χ3v) is 5.65. The minimum atomic E-state index is -4.06. The molecule has 0 unspecified atom stereocenters. The van der Waals surface area contributed by atoms with Crippen LogP contribution in [0, 0.1) is 5.82 Å². The van der Waals surface area contributed by atoms with Crippen LogP contribution in [0.5, 0.6) is 5.75 Å².